The first-order valence-corrected chi connectivity index (χ1v) is 14.7. The van der Waals surface area contributed by atoms with Crippen LogP contribution in [0.5, 0.6) is 5.75 Å². The lowest BCUT2D eigenvalue weighted by Crippen LogP contribution is -2.59. The van der Waals surface area contributed by atoms with E-state index in [-0.39, 0.29) is 0 Å². The quantitative estimate of drug-likeness (QED) is 0.346. The Morgan fingerprint density at radius 1 is 0.857 bits per heavy atom. The highest BCUT2D eigenvalue weighted by Crippen LogP contribution is 2.64. The van der Waals surface area contributed by atoms with Crippen LogP contribution < -0.4 is 4.74 Å². The molecule has 2 heterocycles. The van der Waals surface area contributed by atoms with E-state index < -0.39 is 11.6 Å². The lowest BCUT2D eigenvalue weighted by Gasteiger charge is -2.57. The molecule has 5 nitrogen and oxygen atoms in total. The van der Waals surface area contributed by atoms with Crippen molar-refractivity contribution in [1.82, 2.24) is 4.90 Å². The number of nitrogens with zero attached hydrogens (tertiary/aromatic N) is 1. The fourth-order valence-electron chi connectivity index (χ4n) is 8.76. The smallest absolute Gasteiger partial charge is 0.210 e. The maximum absolute atomic E-state index is 6.97. The molecule has 4 bridgehead atoms. The van der Waals surface area contributed by atoms with E-state index in [9.17, 15) is 0 Å². The first kappa shape index (κ1) is 23.0. The van der Waals surface area contributed by atoms with E-state index >= 15 is 0 Å². The van der Waals surface area contributed by atoms with Gasteiger partial charge in [-0.15, -0.1) is 0 Å². The third-order valence-corrected chi connectivity index (χ3v) is 10.3. The van der Waals surface area contributed by atoms with Crippen LogP contribution in [0.2, 0.25) is 0 Å². The van der Waals surface area contributed by atoms with E-state index in [4.69, 9.17) is 19.2 Å². The average molecular weight is 482 g/mol. The molecule has 1 aromatic carbocycles. The Bertz CT molecular complexity index is 853. The standard InChI is InChI=1S/C30H43NO4/c1-2-12-31(13-3-1)14-5-15-32-28-9-7-24(8-10-28)25-6-4-11-29(21-25)33-30(35-34-29)26-17-22-16-23(19-26)20-27(30)18-22/h7-10,22-23,25-27H,1-6,11-21H2. The van der Waals surface area contributed by atoms with Gasteiger partial charge in [0.2, 0.25) is 11.6 Å². The Kier molecular flexibility index (Phi) is 6.12. The highest BCUT2D eigenvalue weighted by molar-refractivity contribution is 5.30. The number of ether oxygens (including phenoxy) is 2. The van der Waals surface area contributed by atoms with Crippen LogP contribution in [0.15, 0.2) is 24.3 Å². The molecular formula is C30H43NO4. The number of likely N-dealkylation sites (tertiary alicyclic amines) is 1. The van der Waals surface area contributed by atoms with Gasteiger partial charge in [-0.2, -0.15) is 9.78 Å². The van der Waals surface area contributed by atoms with E-state index in [1.165, 1.54) is 76.4 Å². The number of rotatable bonds is 6. The summed E-state index contributed by atoms with van der Waals surface area (Å²) in [5.41, 5.74) is 1.38. The van der Waals surface area contributed by atoms with Crippen LogP contribution >= 0.6 is 0 Å². The van der Waals surface area contributed by atoms with Gasteiger partial charge in [0.25, 0.3) is 0 Å². The Morgan fingerprint density at radius 3 is 2.34 bits per heavy atom. The summed E-state index contributed by atoms with van der Waals surface area (Å²) in [5, 5.41) is 0. The minimum atomic E-state index is -0.554. The van der Waals surface area contributed by atoms with Crippen molar-refractivity contribution < 1.29 is 19.2 Å². The van der Waals surface area contributed by atoms with Crippen LogP contribution in [-0.2, 0) is 14.5 Å². The van der Waals surface area contributed by atoms with Gasteiger partial charge in [0, 0.05) is 31.2 Å². The highest BCUT2D eigenvalue weighted by atomic mass is 17.3. The molecule has 2 unspecified atom stereocenters. The van der Waals surface area contributed by atoms with Crippen molar-refractivity contribution in [1.29, 1.82) is 0 Å². The van der Waals surface area contributed by atoms with Crippen molar-refractivity contribution in [3.63, 3.8) is 0 Å². The molecule has 7 fully saturated rings. The summed E-state index contributed by atoms with van der Waals surface area (Å²) in [5.74, 6) is 3.29. The largest absolute Gasteiger partial charge is 0.494 e. The predicted molar refractivity (Wildman–Crippen MR) is 134 cm³/mol. The van der Waals surface area contributed by atoms with Crippen LogP contribution in [0.3, 0.4) is 0 Å². The second-order valence-corrected chi connectivity index (χ2v) is 12.7. The van der Waals surface area contributed by atoms with Gasteiger partial charge in [0.15, 0.2) is 0 Å². The molecule has 35 heavy (non-hydrogen) atoms. The van der Waals surface area contributed by atoms with E-state index in [0.29, 0.717) is 17.8 Å². The third-order valence-electron chi connectivity index (χ3n) is 10.3. The van der Waals surface area contributed by atoms with Crippen molar-refractivity contribution in [2.45, 2.75) is 101 Å². The highest BCUT2D eigenvalue weighted by Gasteiger charge is 2.67. The molecule has 2 atom stereocenters. The molecule has 0 amide bonds. The Morgan fingerprint density at radius 2 is 1.60 bits per heavy atom. The molecule has 5 heteroatoms. The molecule has 5 saturated carbocycles. The van der Waals surface area contributed by atoms with Gasteiger partial charge in [-0.3, -0.25) is 0 Å². The van der Waals surface area contributed by atoms with Gasteiger partial charge < -0.3 is 14.4 Å². The van der Waals surface area contributed by atoms with E-state index in [0.717, 1.165) is 56.4 Å². The zero-order valence-corrected chi connectivity index (χ0v) is 21.3. The monoisotopic (exact) mass is 481 g/mol. The number of benzene rings is 1. The maximum atomic E-state index is 6.97. The first-order valence-electron chi connectivity index (χ1n) is 14.7. The topological polar surface area (TPSA) is 40.2 Å². The van der Waals surface area contributed by atoms with Crippen LogP contribution in [0.1, 0.15) is 95.0 Å². The fourth-order valence-corrected chi connectivity index (χ4v) is 8.76. The van der Waals surface area contributed by atoms with Crippen molar-refractivity contribution in [3.05, 3.63) is 29.8 Å². The Labute approximate surface area is 210 Å². The van der Waals surface area contributed by atoms with Gasteiger partial charge in [-0.25, -0.2) is 0 Å². The Balaban J connectivity index is 0.951. The van der Waals surface area contributed by atoms with Gasteiger partial charge in [0.1, 0.15) is 5.75 Å². The fraction of sp³-hybridized carbons (Fsp3) is 0.800. The zero-order valence-electron chi connectivity index (χ0n) is 21.3. The molecule has 192 valence electrons. The summed E-state index contributed by atoms with van der Waals surface area (Å²) in [6.07, 6.45) is 15.9. The molecule has 0 N–H and O–H groups in total. The van der Waals surface area contributed by atoms with Crippen molar-refractivity contribution >= 4 is 0 Å². The second-order valence-electron chi connectivity index (χ2n) is 12.7. The maximum Gasteiger partial charge on any atom is 0.210 e. The van der Waals surface area contributed by atoms with Gasteiger partial charge in [-0.1, -0.05) is 18.6 Å². The molecule has 0 aromatic heterocycles. The van der Waals surface area contributed by atoms with E-state index in [2.05, 4.69) is 29.2 Å². The van der Waals surface area contributed by atoms with E-state index in [1.807, 2.05) is 0 Å². The third kappa shape index (κ3) is 4.35. The first-order chi connectivity index (χ1) is 17.2. The molecule has 5 aliphatic carbocycles. The molecule has 2 aliphatic heterocycles. The van der Waals surface area contributed by atoms with Crippen LogP contribution in [0.25, 0.3) is 0 Å². The molecular weight excluding hydrogens is 438 g/mol. The summed E-state index contributed by atoms with van der Waals surface area (Å²) < 4.78 is 13.0. The number of hydrogen-bond donors (Lipinski definition) is 0. The SMILES string of the molecule is c1cc(C2CCCC3(C2)OOC2(O3)C3CC4CC(C3)CC2C4)ccc1OCCCN1CCCCC1. The van der Waals surface area contributed by atoms with Crippen molar-refractivity contribution in [3.8, 4) is 5.75 Å². The van der Waals surface area contributed by atoms with Crippen LogP contribution in [0, 0.1) is 23.7 Å². The summed E-state index contributed by atoms with van der Waals surface area (Å²) in [7, 11) is 0. The van der Waals surface area contributed by atoms with Crippen LogP contribution in [-0.4, -0.2) is 42.7 Å². The lowest BCUT2D eigenvalue weighted by molar-refractivity contribution is -0.390. The Hall–Kier alpha value is -1.14. The minimum Gasteiger partial charge on any atom is -0.494 e. The van der Waals surface area contributed by atoms with Crippen molar-refractivity contribution in [2.24, 2.45) is 23.7 Å². The van der Waals surface area contributed by atoms with Crippen LogP contribution in [0.4, 0.5) is 0 Å². The number of hydrogen-bond acceptors (Lipinski definition) is 5. The molecule has 2 spiro atoms. The van der Waals surface area contributed by atoms with Gasteiger partial charge >= 0.3 is 0 Å². The molecule has 1 aromatic rings. The predicted octanol–water partition coefficient (Wildman–Crippen LogP) is 6.43. The van der Waals surface area contributed by atoms with Crippen molar-refractivity contribution in [2.75, 3.05) is 26.2 Å². The lowest BCUT2D eigenvalue weighted by atomic mass is 9.53. The number of piperidine rings is 1. The van der Waals surface area contributed by atoms with Gasteiger partial charge in [-0.05, 0) is 113 Å². The summed E-state index contributed by atoms with van der Waals surface area (Å²) in [6.45, 7) is 4.49. The van der Waals surface area contributed by atoms with Gasteiger partial charge in [0.05, 0.1) is 6.61 Å². The molecule has 0 radical (unpaired) electrons. The average Bonchev–Trinajstić information content (AvgIpc) is 3.25. The molecule has 7 aliphatic rings. The minimum absolute atomic E-state index is 0.451. The molecule has 2 saturated heterocycles. The normalized spacial score (nSPS) is 42.8. The molecule has 8 rings (SSSR count). The second kappa shape index (κ2) is 9.31. The van der Waals surface area contributed by atoms with E-state index in [1.54, 1.807) is 0 Å². The summed E-state index contributed by atoms with van der Waals surface area (Å²) in [6, 6.07) is 8.84. The zero-order chi connectivity index (χ0) is 23.3. The summed E-state index contributed by atoms with van der Waals surface area (Å²) in [4.78, 5) is 15.1. The summed E-state index contributed by atoms with van der Waals surface area (Å²) >= 11 is 0.